The van der Waals surface area contributed by atoms with Gasteiger partial charge in [-0.05, 0) is 27.7 Å². The lowest BCUT2D eigenvalue weighted by atomic mass is 10.1. The normalized spacial score (nSPS) is 20.8. The van der Waals surface area contributed by atoms with Crippen LogP contribution >= 0.6 is 0 Å². The number of nitrogens with two attached hydrogens (primary N) is 1. The molecule has 2 atom stereocenters. The SMILES string of the molecule is CCn1ccnc1C(N)C1COCCN1C(=O)OC(C)(C)C. The fraction of sp³-hybridized carbons (Fsp3) is 0.733. The summed E-state index contributed by atoms with van der Waals surface area (Å²) in [7, 11) is 0. The lowest BCUT2D eigenvalue weighted by Crippen LogP contribution is -2.54. The van der Waals surface area contributed by atoms with Gasteiger partial charge in [0.05, 0.1) is 25.3 Å². The van der Waals surface area contributed by atoms with E-state index in [9.17, 15) is 4.79 Å². The molecule has 1 saturated heterocycles. The predicted octanol–water partition coefficient (Wildman–Crippen LogP) is 1.54. The number of aromatic nitrogens is 2. The van der Waals surface area contributed by atoms with Crippen molar-refractivity contribution in [3.8, 4) is 0 Å². The van der Waals surface area contributed by atoms with Crippen LogP contribution in [0.2, 0.25) is 0 Å². The number of nitrogens with zero attached hydrogens (tertiary/aromatic N) is 3. The Morgan fingerprint density at radius 3 is 2.95 bits per heavy atom. The first-order valence-electron chi connectivity index (χ1n) is 7.67. The van der Waals surface area contributed by atoms with Gasteiger partial charge in [0, 0.05) is 25.5 Å². The monoisotopic (exact) mass is 310 g/mol. The Labute approximate surface area is 131 Å². The molecule has 1 aliphatic rings. The molecule has 2 heterocycles. The van der Waals surface area contributed by atoms with Gasteiger partial charge in [-0.1, -0.05) is 0 Å². The third kappa shape index (κ3) is 3.78. The zero-order valence-corrected chi connectivity index (χ0v) is 13.8. The molecule has 0 bridgehead atoms. The Balaban J connectivity index is 2.17. The number of carbonyl (C=O) groups is 1. The second-order valence-electron chi connectivity index (χ2n) is 6.41. The Morgan fingerprint density at radius 2 is 2.32 bits per heavy atom. The highest BCUT2D eigenvalue weighted by atomic mass is 16.6. The summed E-state index contributed by atoms with van der Waals surface area (Å²) in [4.78, 5) is 18.4. The molecule has 0 aromatic carbocycles. The summed E-state index contributed by atoms with van der Waals surface area (Å²) >= 11 is 0. The summed E-state index contributed by atoms with van der Waals surface area (Å²) in [6, 6.07) is -0.695. The van der Waals surface area contributed by atoms with Gasteiger partial charge in [-0.2, -0.15) is 0 Å². The highest BCUT2D eigenvalue weighted by Gasteiger charge is 2.36. The second kappa shape index (κ2) is 6.66. The molecule has 1 aliphatic heterocycles. The largest absolute Gasteiger partial charge is 0.444 e. The van der Waals surface area contributed by atoms with Gasteiger partial charge in [0.25, 0.3) is 0 Å². The van der Waals surface area contributed by atoms with E-state index in [1.54, 1.807) is 11.1 Å². The number of imidazole rings is 1. The van der Waals surface area contributed by atoms with Crippen LogP contribution in [0.15, 0.2) is 12.4 Å². The molecule has 2 N–H and O–H groups in total. The van der Waals surface area contributed by atoms with Gasteiger partial charge in [0.15, 0.2) is 0 Å². The van der Waals surface area contributed by atoms with Crippen LogP contribution in [0.4, 0.5) is 4.79 Å². The van der Waals surface area contributed by atoms with Crippen molar-refractivity contribution in [1.82, 2.24) is 14.5 Å². The van der Waals surface area contributed by atoms with E-state index >= 15 is 0 Å². The van der Waals surface area contributed by atoms with Crippen LogP contribution < -0.4 is 5.73 Å². The molecule has 1 aromatic heterocycles. The summed E-state index contributed by atoms with van der Waals surface area (Å²) in [5.41, 5.74) is 5.83. The van der Waals surface area contributed by atoms with Crippen molar-refractivity contribution in [2.75, 3.05) is 19.8 Å². The number of ether oxygens (including phenoxy) is 2. The van der Waals surface area contributed by atoms with Crippen molar-refractivity contribution in [3.63, 3.8) is 0 Å². The van der Waals surface area contributed by atoms with E-state index in [4.69, 9.17) is 15.2 Å². The first-order chi connectivity index (χ1) is 10.3. The number of amides is 1. The van der Waals surface area contributed by atoms with Crippen LogP contribution in [0.3, 0.4) is 0 Å². The Hall–Kier alpha value is -1.60. The molecule has 0 aliphatic carbocycles. The van der Waals surface area contributed by atoms with Crippen LogP contribution in [-0.2, 0) is 16.0 Å². The van der Waals surface area contributed by atoms with Crippen LogP contribution in [0.25, 0.3) is 0 Å². The smallest absolute Gasteiger partial charge is 0.410 e. The summed E-state index contributed by atoms with van der Waals surface area (Å²) in [6.45, 7) is 9.71. The molecular formula is C15H26N4O3. The summed E-state index contributed by atoms with van der Waals surface area (Å²) in [6.07, 6.45) is 3.25. The molecule has 1 amide bonds. The lowest BCUT2D eigenvalue weighted by Gasteiger charge is -2.39. The number of morpholine rings is 1. The van der Waals surface area contributed by atoms with E-state index in [1.807, 2.05) is 38.5 Å². The zero-order valence-electron chi connectivity index (χ0n) is 13.8. The van der Waals surface area contributed by atoms with E-state index in [1.165, 1.54) is 0 Å². The maximum atomic E-state index is 12.4. The maximum Gasteiger partial charge on any atom is 0.410 e. The lowest BCUT2D eigenvalue weighted by molar-refractivity contribution is -0.0390. The molecule has 2 unspecified atom stereocenters. The fourth-order valence-electron chi connectivity index (χ4n) is 2.53. The number of carbonyl (C=O) groups excluding carboxylic acids is 1. The van der Waals surface area contributed by atoms with Gasteiger partial charge in [0.1, 0.15) is 11.4 Å². The maximum absolute atomic E-state index is 12.4. The van der Waals surface area contributed by atoms with Gasteiger partial charge in [-0.15, -0.1) is 0 Å². The van der Waals surface area contributed by atoms with E-state index < -0.39 is 11.6 Å². The van der Waals surface area contributed by atoms with Crippen LogP contribution in [0.1, 0.15) is 39.6 Å². The van der Waals surface area contributed by atoms with Crippen LogP contribution in [0, 0.1) is 0 Å². The quantitative estimate of drug-likeness (QED) is 0.915. The minimum atomic E-state index is -0.536. The Bertz CT molecular complexity index is 509. The topological polar surface area (TPSA) is 82.6 Å². The number of rotatable bonds is 3. The molecule has 7 nitrogen and oxygen atoms in total. The van der Waals surface area contributed by atoms with Crippen molar-refractivity contribution in [3.05, 3.63) is 18.2 Å². The third-order valence-electron chi connectivity index (χ3n) is 3.59. The molecule has 0 radical (unpaired) electrons. The van der Waals surface area contributed by atoms with Crippen molar-refractivity contribution < 1.29 is 14.3 Å². The summed E-state index contributed by atoms with van der Waals surface area (Å²) in [5.74, 6) is 0.756. The number of hydrogen-bond donors (Lipinski definition) is 1. The molecule has 0 spiro atoms. The molecule has 1 fully saturated rings. The van der Waals surface area contributed by atoms with Crippen molar-refractivity contribution in [1.29, 1.82) is 0 Å². The fourth-order valence-corrected chi connectivity index (χ4v) is 2.53. The van der Waals surface area contributed by atoms with E-state index in [0.717, 1.165) is 12.4 Å². The average molecular weight is 310 g/mol. The first kappa shape index (κ1) is 16.8. The van der Waals surface area contributed by atoms with Gasteiger partial charge >= 0.3 is 6.09 Å². The molecule has 0 saturated carbocycles. The molecule has 1 aromatic rings. The van der Waals surface area contributed by atoms with Crippen LogP contribution in [-0.4, -0.2) is 51.9 Å². The van der Waals surface area contributed by atoms with E-state index in [0.29, 0.717) is 19.8 Å². The Kier molecular flexibility index (Phi) is 5.08. The standard InChI is InChI=1S/C15H26N4O3/c1-5-18-7-6-17-13(18)12(16)11-10-21-9-8-19(11)14(20)22-15(2,3)4/h6-7,11-12H,5,8-10,16H2,1-4H3. The zero-order chi connectivity index (χ0) is 16.3. The van der Waals surface area contributed by atoms with Gasteiger partial charge in [-0.25, -0.2) is 9.78 Å². The minimum Gasteiger partial charge on any atom is -0.444 e. The van der Waals surface area contributed by atoms with E-state index in [2.05, 4.69) is 4.98 Å². The number of hydrogen-bond acceptors (Lipinski definition) is 5. The molecular weight excluding hydrogens is 284 g/mol. The summed E-state index contributed by atoms with van der Waals surface area (Å²) < 4.78 is 13.0. The Morgan fingerprint density at radius 1 is 1.59 bits per heavy atom. The summed E-state index contributed by atoms with van der Waals surface area (Å²) in [5, 5.41) is 0. The highest BCUT2D eigenvalue weighted by molar-refractivity contribution is 5.68. The second-order valence-corrected chi connectivity index (χ2v) is 6.41. The van der Waals surface area contributed by atoms with Crippen molar-refractivity contribution >= 4 is 6.09 Å². The molecule has 124 valence electrons. The van der Waals surface area contributed by atoms with E-state index in [-0.39, 0.29) is 12.1 Å². The van der Waals surface area contributed by atoms with Crippen molar-refractivity contribution in [2.45, 2.75) is 51.9 Å². The molecule has 7 heteroatoms. The predicted molar refractivity (Wildman–Crippen MR) is 82.4 cm³/mol. The highest BCUT2D eigenvalue weighted by Crippen LogP contribution is 2.23. The first-order valence-corrected chi connectivity index (χ1v) is 7.67. The molecule has 22 heavy (non-hydrogen) atoms. The minimum absolute atomic E-state index is 0.281. The third-order valence-corrected chi connectivity index (χ3v) is 3.59. The van der Waals surface area contributed by atoms with Gasteiger partial charge < -0.3 is 19.8 Å². The van der Waals surface area contributed by atoms with Gasteiger partial charge in [-0.3, -0.25) is 4.90 Å². The van der Waals surface area contributed by atoms with Gasteiger partial charge in [0.2, 0.25) is 0 Å². The number of aryl methyl sites for hydroxylation is 1. The van der Waals surface area contributed by atoms with Crippen molar-refractivity contribution in [2.24, 2.45) is 5.73 Å². The average Bonchev–Trinajstić information content (AvgIpc) is 2.93. The molecule has 2 rings (SSSR count). The van der Waals surface area contributed by atoms with Crippen LogP contribution in [0.5, 0.6) is 0 Å².